The second-order valence-electron chi connectivity index (χ2n) is 7.67. The zero-order valence-corrected chi connectivity index (χ0v) is 16.3. The lowest BCUT2D eigenvalue weighted by molar-refractivity contribution is -0.125. The van der Waals surface area contributed by atoms with Crippen molar-refractivity contribution < 1.29 is 14.7 Å². The maximum atomic E-state index is 12.6. The molecule has 0 unspecified atom stereocenters. The third-order valence-electron chi connectivity index (χ3n) is 5.59. The highest BCUT2D eigenvalue weighted by atomic mass is 16.3. The Morgan fingerprint density at radius 2 is 2.10 bits per heavy atom. The maximum Gasteiger partial charge on any atom is 0.224 e. The average molecular weight is 395 g/mol. The number of aryl methyl sites for hydroxylation is 1. The van der Waals surface area contributed by atoms with Crippen molar-refractivity contribution in [2.75, 3.05) is 0 Å². The van der Waals surface area contributed by atoms with Crippen LogP contribution < -0.4 is 10.6 Å². The fraction of sp³-hybridized carbons (Fsp3) is 0.381. The Hall–Kier alpha value is -3.13. The Morgan fingerprint density at radius 1 is 1.28 bits per heavy atom. The first-order valence-corrected chi connectivity index (χ1v) is 9.77. The van der Waals surface area contributed by atoms with Gasteiger partial charge in [0.1, 0.15) is 0 Å². The predicted molar refractivity (Wildman–Crippen MR) is 108 cm³/mol. The lowest BCUT2D eigenvalue weighted by Crippen LogP contribution is -2.40. The van der Waals surface area contributed by atoms with Gasteiger partial charge in [-0.05, 0) is 30.5 Å². The number of benzene rings is 1. The van der Waals surface area contributed by atoms with Crippen molar-refractivity contribution >= 4 is 22.7 Å². The van der Waals surface area contributed by atoms with Gasteiger partial charge >= 0.3 is 0 Å². The Kier molecular flexibility index (Phi) is 5.35. The minimum atomic E-state index is -0.727. The van der Waals surface area contributed by atoms with Crippen LogP contribution in [0.3, 0.4) is 0 Å². The van der Waals surface area contributed by atoms with Crippen LogP contribution in [0.25, 0.3) is 10.9 Å². The number of para-hydroxylation sites is 1. The molecule has 1 aromatic carbocycles. The number of carbonyl (C=O) groups is 2. The van der Waals surface area contributed by atoms with E-state index < -0.39 is 12.1 Å². The topological polar surface area (TPSA) is 112 Å². The summed E-state index contributed by atoms with van der Waals surface area (Å²) in [6.07, 6.45) is 3.87. The largest absolute Gasteiger partial charge is 0.391 e. The van der Waals surface area contributed by atoms with Crippen molar-refractivity contribution in [1.29, 1.82) is 0 Å². The second-order valence-corrected chi connectivity index (χ2v) is 7.67. The van der Waals surface area contributed by atoms with Gasteiger partial charge in [0.15, 0.2) is 0 Å². The first-order valence-electron chi connectivity index (χ1n) is 9.77. The number of aromatic amines is 1. The lowest BCUT2D eigenvalue weighted by atomic mass is 10.1. The van der Waals surface area contributed by atoms with Crippen molar-refractivity contribution in [3.05, 3.63) is 54.0 Å². The molecule has 8 heteroatoms. The molecular weight excluding hydrogens is 370 g/mol. The number of nitrogens with one attached hydrogen (secondary N) is 3. The molecule has 2 heterocycles. The van der Waals surface area contributed by atoms with Crippen LogP contribution in [-0.2, 0) is 29.6 Å². The number of carbonyl (C=O) groups excluding carboxylic acids is 2. The summed E-state index contributed by atoms with van der Waals surface area (Å²) in [5, 5.41) is 23.8. The zero-order chi connectivity index (χ0) is 20.4. The van der Waals surface area contributed by atoms with Crippen LogP contribution in [0.2, 0.25) is 0 Å². The molecular formula is C21H25N5O3. The minimum absolute atomic E-state index is 0.121. The van der Waals surface area contributed by atoms with Crippen LogP contribution in [0.15, 0.2) is 42.7 Å². The zero-order valence-electron chi connectivity index (χ0n) is 16.3. The number of aliphatic hydroxyl groups excluding tert-OH is 1. The Balaban J connectivity index is 1.33. The van der Waals surface area contributed by atoms with E-state index in [0.29, 0.717) is 19.4 Å². The van der Waals surface area contributed by atoms with Crippen LogP contribution >= 0.6 is 0 Å². The Bertz CT molecular complexity index is 1010. The van der Waals surface area contributed by atoms with E-state index in [4.69, 9.17) is 0 Å². The number of aliphatic hydroxyl groups is 1. The molecule has 2 aromatic heterocycles. The third kappa shape index (κ3) is 4.17. The quantitative estimate of drug-likeness (QED) is 0.499. The predicted octanol–water partition coefficient (Wildman–Crippen LogP) is 1.02. The van der Waals surface area contributed by atoms with E-state index in [-0.39, 0.29) is 24.2 Å². The second kappa shape index (κ2) is 8.08. The summed E-state index contributed by atoms with van der Waals surface area (Å²) in [6.45, 7) is 0.365. The van der Waals surface area contributed by atoms with E-state index in [1.165, 1.54) is 0 Å². The molecule has 3 aromatic rings. The number of aromatic nitrogens is 3. The number of H-pyrrole nitrogens is 1. The fourth-order valence-corrected chi connectivity index (χ4v) is 4.09. The lowest BCUT2D eigenvalue weighted by Gasteiger charge is -2.16. The number of amides is 2. The fourth-order valence-electron chi connectivity index (χ4n) is 4.09. The molecule has 4 rings (SSSR count). The molecule has 1 saturated carbocycles. The van der Waals surface area contributed by atoms with E-state index in [1.807, 2.05) is 42.1 Å². The summed E-state index contributed by atoms with van der Waals surface area (Å²) in [4.78, 5) is 25.0. The summed E-state index contributed by atoms with van der Waals surface area (Å²) in [5.74, 6) is -0.593. The summed E-state index contributed by atoms with van der Waals surface area (Å²) < 4.78 is 2.00. The van der Waals surface area contributed by atoms with Gasteiger partial charge in [-0.3, -0.25) is 14.7 Å². The molecule has 0 aliphatic heterocycles. The standard InChI is InChI=1S/C21H25N5O3/c1-26-12-14(16-4-2-3-5-18(16)26)10-20(28)24-17-8-13(9-19(17)27)21(29)22-11-15-6-7-23-25-15/h2-7,12-13,17,19,27H,8-11H2,1H3,(H,22,29)(H,23,25)(H,24,28)/t13-,17-,19-/m0/s1. The average Bonchev–Trinajstić information content (AvgIpc) is 3.42. The number of nitrogens with zero attached hydrogens (tertiary/aromatic N) is 2. The van der Waals surface area contributed by atoms with Crippen LogP contribution in [-0.4, -0.2) is 43.8 Å². The smallest absolute Gasteiger partial charge is 0.224 e. The van der Waals surface area contributed by atoms with Gasteiger partial charge in [0.05, 0.1) is 30.8 Å². The molecule has 0 saturated heterocycles. The molecule has 3 atom stereocenters. The maximum absolute atomic E-state index is 12.6. The van der Waals surface area contributed by atoms with Crippen molar-refractivity contribution in [2.45, 2.75) is 38.0 Å². The molecule has 29 heavy (non-hydrogen) atoms. The molecule has 8 nitrogen and oxygen atoms in total. The summed E-state index contributed by atoms with van der Waals surface area (Å²) in [6, 6.07) is 9.32. The third-order valence-corrected chi connectivity index (χ3v) is 5.59. The van der Waals surface area contributed by atoms with Gasteiger partial charge in [-0.2, -0.15) is 5.10 Å². The molecule has 0 bridgehead atoms. The van der Waals surface area contributed by atoms with Crippen molar-refractivity contribution in [1.82, 2.24) is 25.4 Å². The Labute approximate surface area is 168 Å². The molecule has 1 aliphatic rings. The van der Waals surface area contributed by atoms with Crippen LogP contribution in [0.5, 0.6) is 0 Å². The summed E-state index contributed by atoms with van der Waals surface area (Å²) in [7, 11) is 1.96. The van der Waals surface area contributed by atoms with Gasteiger partial charge < -0.3 is 20.3 Å². The van der Waals surface area contributed by atoms with Gasteiger partial charge in [-0.25, -0.2) is 0 Å². The number of hydrogen-bond donors (Lipinski definition) is 4. The van der Waals surface area contributed by atoms with E-state index in [1.54, 1.807) is 12.3 Å². The van der Waals surface area contributed by atoms with Crippen LogP contribution in [0.1, 0.15) is 24.1 Å². The monoisotopic (exact) mass is 395 g/mol. The molecule has 0 radical (unpaired) electrons. The summed E-state index contributed by atoms with van der Waals surface area (Å²) >= 11 is 0. The van der Waals surface area contributed by atoms with Gasteiger partial charge in [0.25, 0.3) is 0 Å². The SMILES string of the molecule is Cn1cc(CC(=O)N[C@H]2C[C@H](C(=O)NCc3ccn[nH]3)C[C@@H]2O)c2ccccc21. The van der Waals surface area contributed by atoms with Gasteiger partial charge in [0.2, 0.25) is 11.8 Å². The van der Waals surface area contributed by atoms with E-state index in [9.17, 15) is 14.7 Å². The van der Waals surface area contributed by atoms with Crippen LogP contribution in [0, 0.1) is 5.92 Å². The van der Waals surface area contributed by atoms with Gasteiger partial charge in [-0.15, -0.1) is 0 Å². The highest BCUT2D eigenvalue weighted by molar-refractivity contribution is 5.89. The number of fused-ring (bicyclic) bond motifs is 1. The van der Waals surface area contributed by atoms with Crippen molar-refractivity contribution in [3.8, 4) is 0 Å². The van der Waals surface area contributed by atoms with E-state index >= 15 is 0 Å². The van der Waals surface area contributed by atoms with Crippen LogP contribution in [0.4, 0.5) is 0 Å². The first kappa shape index (κ1) is 19.2. The normalized spacial score (nSPS) is 21.4. The van der Waals surface area contributed by atoms with E-state index in [2.05, 4.69) is 20.8 Å². The molecule has 2 amide bonds. The molecule has 4 N–H and O–H groups in total. The minimum Gasteiger partial charge on any atom is -0.391 e. The number of hydrogen-bond acceptors (Lipinski definition) is 4. The Morgan fingerprint density at radius 3 is 2.90 bits per heavy atom. The van der Waals surface area contributed by atoms with Gasteiger partial charge in [-0.1, -0.05) is 18.2 Å². The molecule has 0 spiro atoms. The summed E-state index contributed by atoms with van der Waals surface area (Å²) in [5.41, 5.74) is 2.84. The first-order chi connectivity index (χ1) is 14.0. The molecule has 1 aliphatic carbocycles. The van der Waals surface area contributed by atoms with Crippen molar-refractivity contribution in [2.24, 2.45) is 13.0 Å². The molecule has 152 valence electrons. The van der Waals surface area contributed by atoms with E-state index in [0.717, 1.165) is 22.2 Å². The number of rotatable bonds is 6. The van der Waals surface area contributed by atoms with Crippen molar-refractivity contribution in [3.63, 3.8) is 0 Å². The molecule has 1 fully saturated rings. The van der Waals surface area contributed by atoms with Gasteiger partial charge in [0, 0.05) is 36.3 Å². The highest BCUT2D eigenvalue weighted by Crippen LogP contribution is 2.27. The highest BCUT2D eigenvalue weighted by Gasteiger charge is 2.37.